The lowest BCUT2D eigenvalue weighted by atomic mass is 9.83. The second-order valence-corrected chi connectivity index (χ2v) is 11.8. The Morgan fingerprint density at radius 1 is 0.837 bits per heavy atom. The molecule has 2 aromatic carbocycles. The second kappa shape index (κ2) is 15.4. The van der Waals surface area contributed by atoms with Gasteiger partial charge in [-0.15, -0.1) is 24.8 Å². The highest BCUT2D eigenvalue weighted by molar-refractivity contribution is 5.96. The van der Waals surface area contributed by atoms with E-state index < -0.39 is 5.82 Å². The van der Waals surface area contributed by atoms with Crippen LogP contribution in [0.1, 0.15) is 73.2 Å². The molecule has 1 aliphatic carbocycles. The van der Waals surface area contributed by atoms with Crippen LogP contribution in [0.4, 0.5) is 10.1 Å². The molecule has 43 heavy (non-hydrogen) atoms. The third kappa shape index (κ3) is 8.12. The SMILES string of the molecule is Cl.Cl.O=C(c1ccc(O[C@H]2CCNC2)c(C2CCCCC2)c1)N1CCC(Oc2cc(F)cc(N3CCNCC3=O)c2)CC1. The monoisotopic (exact) mass is 636 g/mol. The van der Waals surface area contributed by atoms with Crippen molar-refractivity contribution in [2.75, 3.05) is 50.7 Å². The van der Waals surface area contributed by atoms with Gasteiger partial charge in [-0.05, 0) is 61.6 Å². The lowest BCUT2D eigenvalue weighted by Gasteiger charge is -2.33. The van der Waals surface area contributed by atoms with E-state index >= 15 is 0 Å². The predicted molar refractivity (Wildman–Crippen MR) is 170 cm³/mol. The van der Waals surface area contributed by atoms with Crippen molar-refractivity contribution in [1.29, 1.82) is 0 Å². The minimum Gasteiger partial charge on any atom is -0.490 e. The molecule has 0 spiro atoms. The maximum atomic E-state index is 14.4. The smallest absolute Gasteiger partial charge is 0.253 e. The highest BCUT2D eigenvalue weighted by Gasteiger charge is 2.28. The molecule has 0 radical (unpaired) electrons. The molecule has 0 aromatic heterocycles. The molecule has 4 fully saturated rings. The van der Waals surface area contributed by atoms with Gasteiger partial charge >= 0.3 is 0 Å². The van der Waals surface area contributed by atoms with Crippen LogP contribution in [-0.2, 0) is 4.79 Å². The maximum Gasteiger partial charge on any atom is 0.253 e. The average molecular weight is 638 g/mol. The summed E-state index contributed by atoms with van der Waals surface area (Å²) in [4.78, 5) is 29.4. The van der Waals surface area contributed by atoms with Crippen molar-refractivity contribution in [2.45, 2.75) is 69.5 Å². The van der Waals surface area contributed by atoms with Gasteiger partial charge in [-0.2, -0.15) is 0 Å². The molecule has 11 heteroatoms. The summed E-state index contributed by atoms with van der Waals surface area (Å²) in [7, 11) is 0. The van der Waals surface area contributed by atoms with Crippen LogP contribution in [0.25, 0.3) is 0 Å². The van der Waals surface area contributed by atoms with Crippen molar-refractivity contribution in [1.82, 2.24) is 15.5 Å². The molecule has 2 aromatic rings. The average Bonchev–Trinajstić information content (AvgIpc) is 3.51. The minimum atomic E-state index is -0.429. The van der Waals surface area contributed by atoms with E-state index in [0.29, 0.717) is 56.4 Å². The number of carbonyl (C=O) groups is 2. The summed E-state index contributed by atoms with van der Waals surface area (Å²) in [6, 6.07) is 10.5. The molecule has 4 aliphatic rings. The van der Waals surface area contributed by atoms with Gasteiger partial charge in [0.25, 0.3) is 5.91 Å². The van der Waals surface area contributed by atoms with Gasteiger partial charge in [0.05, 0.1) is 12.2 Å². The third-order valence-electron chi connectivity index (χ3n) is 8.90. The van der Waals surface area contributed by atoms with Crippen molar-refractivity contribution >= 4 is 42.3 Å². The van der Waals surface area contributed by atoms with Crippen molar-refractivity contribution in [3.63, 3.8) is 0 Å². The first kappa shape index (κ1) is 33.3. The number of nitrogens with one attached hydrogen (secondary N) is 2. The first-order valence-corrected chi connectivity index (χ1v) is 15.3. The van der Waals surface area contributed by atoms with Crippen LogP contribution < -0.4 is 25.0 Å². The molecular weight excluding hydrogens is 594 g/mol. The van der Waals surface area contributed by atoms with Crippen molar-refractivity contribution in [3.05, 3.63) is 53.3 Å². The molecular formula is C32H43Cl2FN4O4. The largest absolute Gasteiger partial charge is 0.490 e. The number of nitrogens with zero attached hydrogens (tertiary/aromatic N) is 2. The number of halogens is 3. The number of piperazine rings is 1. The Bertz CT molecular complexity index is 1250. The number of anilines is 1. The highest BCUT2D eigenvalue weighted by Crippen LogP contribution is 2.39. The van der Waals surface area contributed by atoms with E-state index in [-0.39, 0.29) is 55.4 Å². The number of benzene rings is 2. The Balaban J connectivity index is 0.00000212. The molecule has 6 rings (SSSR count). The standard InChI is InChI=1S/C32H41FN4O4.2ClH/c33-24-17-25(37-15-12-35-21-31(37)38)19-28(18-24)40-26-9-13-36(14-10-26)32(39)23-6-7-30(41-27-8-11-34-20-27)29(16-23)22-4-2-1-3-5-22;;/h6-7,16-19,22,26-27,34-35H,1-5,8-15,20-21H2;2*1H/t27-;;/m0../s1. The number of carbonyl (C=O) groups excluding carboxylic acids is 2. The fraction of sp³-hybridized carbons (Fsp3) is 0.562. The van der Waals surface area contributed by atoms with Gasteiger partial charge in [-0.25, -0.2) is 4.39 Å². The summed E-state index contributed by atoms with van der Waals surface area (Å²) in [5.74, 6) is 1.32. The normalized spacial score (nSPS) is 21.6. The Hall–Kier alpha value is -2.59. The molecule has 2 N–H and O–H groups in total. The molecule has 3 saturated heterocycles. The van der Waals surface area contributed by atoms with Gasteiger partial charge in [-0.3, -0.25) is 9.59 Å². The van der Waals surface area contributed by atoms with Gasteiger partial charge in [0.2, 0.25) is 5.91 Å². The molecule has 236 valence electrons. The minimum absolute atomic E-state index is 0. The molecule has 0 unspecified atom stereocenters. The first-order valence-electron chi connectivity index (χ1n) is 15.3. The Morgan fingerprint density at radius 2 is 1.63 bits per heavy atom. The highest BCUT2D eigenvalue weighted by atomic mass is 35.5. The first-order chi connectivity index (χ1) is 20.0. The van der Waals surface area contributed by atoms with Crippen molar-refractivity contribution in [3.8, 4) is 11.5 Å². The van der Waals surface area contributed by atoms with Gasteiger partial charge in [0, 0.05) is 63.3 Å². The molecule has 8 nitrogen and oxygen atoms in total. The van der Waals surface area contributed by atoms with Crippen LogP contribution >= 0.6 is 24.8 Å². The van der Waals surface area contributed by atoms with E-state index in [0.717, 1.165) is 43.7 Å². The topological polar surface area (TPSA) is 83.1 Å². The predicted octanol–water partition coefficient (Wildman–Crippen LogP) is 5.08. The number of rotatable bonds is 7. The number of likely N-dealkylation sites (tertiary alicyclic amines) is 1. The van der Waals surface area contributed by atoms with Crippen LogP contribution in [0.15, 0.2) is 36.4 Å². The zero-order valence-corrected chi connectivity index (χ0v) is 26.2. The fourth-order valence-corrected chi connectivity index (χ4v) is 6.63. The van der Waals surface area contributed by atoms with Crippen LogP contribution in [0.5, 0.6) is 11.5 Å². The number of hydrogen-bond acceptors (Lipinski definition) is 6. The van der Waals surface area contributed by atoms with E-state index in [1.54, 1.807) is 11.0 Å². The van der Waals surface area contributed by atoms with E-state index in [1.807, 2.05) is 17.0 Å². The van der Waals surface area contributed by atoms with E-state index in [2.05, 4.69) is 16.7 Å². The molecule has 3 heterocycles. The molecule has 0 bridgehead atoms. The van der Waals surface area contributed by atoms with E-state index in [1.165, 1.54) is 37.0 Å². The lowest BCUT2D eigenvalue weighted by molar-refractivity contribution is -0.118. The zero-order chi connectivity index (χ0) is 28.2. The Kier molecular flexibility index (Phi) is 11.9. The number of amides is 2. The van der Waals surface area contributed by atoms with Gasteiger partial charge < -0.3 is 29.9 Å². The Labute approximate surface area is 265 Å². The Morgan fingerprint density at radius 3 is 2.35 bits per heavy atom. The molecule has 3 aliphatic heterocycles. The molecule has 1 atom stereocenters. The van der Waals surface area contributed by atoms with Crippen molar-refractivity contribution < 1.29 is 23.5 Å². The molecule has 2 amide bonds. The van der Waals surface area contributed by atoms with Gasteiger partial charge in [0.1, 0.15) is 29.5 Å². The summed E-state index contributed by atoms with van der Waals surface area (Å²) in [5, 5.41) is 6.41. The van der Waals surface area contributed by atoms with Crippen LogP contribution in [0, 0.1) is 5.82 Å². The van der Waals surface area contributed by atoms with Crippen molar-refractivity contribution in [2.24, 2.45) is 0 Å². The van der Waals surface area contributed by atoms with E-state index in [9.17, 15) is 14.0 Å². The van der Waals surface area contributed by atoms with E-state index in [4.69, 9.17) is 9.47 Å². The lowest BCUT2D eigenvalue weighted by Crippen LogP contribution is -2.48. The van der Waals surface area contributed by atoms with Crippen LogP contribution in [0.3, 0.4) is 0 Å². The second-order valence-electron chi connectivity index (χ2n) is 11.8. The quantitative estimate of drug-likeness (QED) is 0.441. The maximum absolute atomic E-state index is 14.4. The summed E-state index contributed by atoms with van der Waals surface area (Å²) < 4.78 is 27.0. The summed E-state index contributed by atoms with van der Waals surface area (Å²) >= 11 is 0. The number of hydrogen-bond donors (Lipinski definition) is 2. The van der Waals surface area contributed by atoms with Gasteiger partial charge in [0.15, 0.2) is 0 Å². The summed E-state index contributed by atoms with van der Waals surface area (Å²) in [6.45, 7) is 4.41. The van der Waals surface area contributed by atoms with Crippen LogP contribution in [-0.4, -0.2) is 74.7 Å². The fourth-order valence-electron chi connectivity index (χ4n) is 6.63. The zero-order valence-electron chi connectivity index (χ0n) is 24.5. The molecule has 1 saturated carbocycles. The third-order valence-corrected chi connectivity index (χ3v) is 8.90. The number of ether oxygens (including phenoxy) is 2. The summed E-state index contributed by atoms with van der Waals surface area (Å²) in [5.41, 5.74) is 2.42. The summed E-state index contributed by atoms with van der Waals surface area (Å²) in [6.07, 6.45) is 8.40. The number of piperidine rings is 1. The van der Waals surface area contributed by atoms with Gasteiger partial charge in [-0.1, -0.05) is 19.3 Å². The van der Waals surface area contributed by atoms with Crippen LogP contribution in [0.2, 0.25) is 0 Å².